The number of aliphatic hydroxyl groups is 1. The second-order valence-corrected chi connectivity index (χ2v) is 6.37. The lowest BCUT2D eigenvalue weighted by Gasteiger charge is -2.23. The molecule has 0 aromatic heterocycles. The first-order valence-electron chi connectivity index (χ1n) is 8.39. The lowest BCUT2D eigenvalue weighted by Crippen LogP contribution is -2.44. The van der Waals surface area contributed by atoms with E-state index in [-0.39, 0.29) is 12.6 Å². The number of nitrogens with one attached hydrogen (secondary N) is 2. The Morgan fingerprint density at radius 3 is 2.36 bits per heavy atom. The van der Waals surface area contributed by atoms with Gasteiger partial charge in [0.2, 0.25) is 0 Å². The van der Waals surface area contributed by atoms with E-state index in [1.54, 1.807) is 14.0 Å². The second-order valence-electron chi connectivity index (χ2n) is 6.37. The Balaban J connectivity index is 1.70. The van der Waals surface area contributed by atoms with E-state index in [2.05, 4.69) is 10.6 Å². The summed E-state index contributed by atoms with van der Waals surface area (Å²) >= 11 is 0. The molecular formula is C20H26N2O3. The van der Waals surface area contributed by atoms with Gasteiger partial charge in [-0.3, -0.25) is 0 Å². The molecule has 25 heavy (non-hydrogen) atoms. The number of hydrogen-bond donors (Lipinski definition) is 3. The smallest absolute Gasteiger partial charge is 0.315 e. The van der Waals surface area contributed by atoms with E-state index < -0.39 is 5.60 Å². The molecule has 2 aromatic carbocycles. The maximum Gasteiger partial charge on any atom is 0.315 e. The molecule has 2 rings (SSSR count). The van der Waals surface area contributed by atoms with Gasteiger partial charge < -0.3 is 20.5 Å². The highest BCUT2D eigenvalue weighted by Gasteiger charge is 2.20. The minimum atomic E-state index is -0.951. The van der Waals surface area contributed by atoms with Crippen LogP contribution in [-0.2, 0) is 13.0 Å². The van der Waals surface area contributed by atoms with E-state index >= 15 is 0 Å². The van der Waals surface area contributed by atoms with Crippen LogP contribution in [0.3, 0.4) is 0 Å². The van der Waals surface area contributed by atoms with Gasteiger partial charge in [-0.25, -0.2) is 4.79 Å². The molecule has 0 saturated heterocycles. The molecular weight excluding hydrogens is 316 g/mol. The number of hydrogen-bond acceptors (Lipinski definition) is 3. The Morgan fingerprint density at radius 1 is 1.04 bits per heavy atom. The van der Waals surface area contributed by atoms with Crippen molar-refractivity contribution in [3.05, 3.63) is 65.7 Å². The van der Waals surface area contributed by atoms with Gasteiger partial charge in [0.15, 0.2) is 0 Å². The quantitative estimate of drug-likeness (QED) is 0.691. The fraction of sp³-hybridized carbons (Fsp3) is 0.350. The molecule has 0 aliphatic carbocycles. The average Bonchev–Trinajstić information content (AvgIpc) is 2.64. The molecule has 0 bridgehead atoms. The van der Waals surface area contributed by atoms with Crippen LogP contribution >= 0.6 is 0 Å². The van der Waals surface area contributed by atoms with Crippen LogP contribution in [0.5, 0.6) is 5.75 Å². The summed E-state index contributed by atoms with van der Waals surface area (Å²) in [5.74, 6) is 0.780. The average molecular weight is 342 g/mol. The number of carbonyl (C=O) groups is 1. The highest BCUT2D eigenvalue weighted by Crippen LogP contribution is 2.13. The summed E-state index contributed by atoms with van der Waals surface area (Å²) in [6.45, 7) is 2.36. The Morgan fingerprint density at radius 2 is 1.72 bits per heavy atom. The largest absolute Gasteiger partial charge is 0.497 e. The van der Waals surface area contributed by atoms with Crippen LogP contribution in [0.2, 0.25) is 0 Å². The molecule has 0 fully saturated rings. The SMILES string of the molecule is COc1ccc(CNC(=O)NCC(C)(O)CCc2ccccc2)cc1. The molecule has 0 spiro atoms. The van der Waals surface area contributed by atoms with Crippen LogP contribution in [0.4, 0.5) is 4.79 Å². The molecule has 5 heteroatoms. The van der Waals surface area contributed by atoms with Crippen molar-refractivity contribution >= 4 is 6.03 Å². The molecule has 0 saturated carbocycles. The van der Waals surface area contributed by atoms with E-state index in [1.165, 1.54) is 5.56 Å². The lowest BCUT2D eigenvalue weighted by molar-refractivity contribution is 0.0534. The third-order valence-corrected chi connectivity index (χ3v) is 4.04. The molecule has 1 unspecified atom stereocenters. The van der Waals surface area contributed by atoms with Crippen molar-refractivity contribution in [3.63, 3.8) is 0 Å². The highest BCUT2D eigenvalue weighted by molar-refractivity contribution is 5.73. The van der Waals surface area contributed by atoms with Crippen molar-refractivity contribution in [2.24, 2.45) is 0 Å². The van der Waals surface area contributed by atoms with Crippen LogP contribution in [-0.4, -0.2) is 30.4 Å². The molecule has 2 aromatic rings. The number of benzene rings is 2. The highest BCUT2D eigenvalue weighted by atomic mass is 16.5. The van der Waals surface area contributed by atoms with Gasteiger partial charge >= 0.3 is 6.03 Å². The van der Waals surface area contributed by atoms with Gasteiger partial charge in [-0.05, 0) is 43.0 Å². The van der Waals surface area contributed by atoms with Gasteiger partial charge in [0.25, 0.3) is 0 Å². The minimum Gasteiger partial charge on any atom is -0.497 e. The first-order valence-corrected chi connectivity index (χ1v) is 8.39. The number of rotatable bonds is 8. The van der Waals surface area contributed by atoms with Crippen LogP contribution < -0.4 is 15.4 Å². The van der Waals surface area contributed by atoms with Gasteiger partial charge in [-0.15, -0.1) is 0 Å². The Bertz CT molecular complexity index is 654. The fourth-order valence-electron chi connectivity index (χ4n) is 2.41. The van der Waals surface area contributed by atoms with Gasteiger partial charge in [0.1, 0.15) is 5.75 Å². The molecule has 0 aliphatic rings. The molecule has 1 atom stereocenters. The molecule has 2 amide bonds. The number of urea groups is 1. The topological polar surface area (TPSA) is 70.6 Å². The summed E-state index contributed by atoms with van der Waals surface area (Å²) < 4.78 is 5.10. The Labute approximate surface area is 149 Å². The van der Waals surface area contributed by atoms with Gasteiger partial charge in [-0.2, -0.15) is 0 Å². The zero-order valence-corrected chi connectivity index (χ0v) is 14.8. The van der Waals surface area contributed by atoms with Crippen molar-refractivity contribution in [3.8, 4) is 5.75 Å². The van der Waals surface area contributed by atoms with E-state index in [4.69, 9.17) is 4.74 Å². The normalized spacial score (nSPS) is 12.9. The summed E-state index contributed by atoms with van der Waals surface area (Å²) in [6.07, 6.45) is 1.35. The maximum atomic E-state index is 11.9. The monoisotopic (exact) mass is 342 g/mol. The molecule has 0 radical (unpaired) electrons. The van der Waals surface area contributed by atoms with Gasteiger partial charge in [0, 0.05) is 13.1 Å². The summed E-state index contributed by atoms with van der Waals surface area (Å²) in [6, 6.07) is 17.2. The Kier molecular flexibility index (Phi) is 6.83. The maximum absolute atomic E-state index is 11.9. The second kappa shape index (κ2) is 9.08. The number of methoxy groups -OCH3 is 1. The predicted molar refractivity (Wildman–Crippen MR) is 98.6 cm³/mol. The zero-order valence-electron chi connectivity index (χ0n) is 14.8. The zero-order chi connectivity index (χ0) is 18.1. The van der Waals surface area contributed by atoms with Crippen LogP contribution in [0.15, 0.2) is 54.6 Å². The van der Waals surface area contributed by atoms with Crippen molar-refractivity contribution < 1.29 is 14.6 Å². The standard InChI is InChI=1S/C20H26N2O3/c1-20(24,13-12-16-6-4-3-5-7-16)15-22-19(23)21-14-17-8-10-18(25-2)11-9-17/h3-11,24H,12-15H2,1-2H3,(H2,21,22,23). The van der Waals surface area contributed by atoms with Crippen molar-refractivity contribution in [1.29, 1.82) is 0 Å². The summed E-state index contributed by atoms with van der Waals surface area (Å²) in [7, 11) is 1.62. The molecule has 0 heterocycles. The summed E-state index contributed by atoms with van der Waals surface area (Å²) in [5.41, 5.74) is 1.20. The predicted octanol–water partition coefficient (Wildman–Crippen LogP) is 2.88. The number of ether oxygens (including phenoxy) is 1. The summed E-state index contributed by atoms with van der Waals surface area (Å²) in [5, 5.41) is 15.9. The number of carbonyl (C=O) groups excluding carboxylic acids is 1. The number of aryl methyl sites for hydroxylation is 1. The van der Waals surface area contributed by atoms with Crippen molar-refractivity contribution in [2.45, 2.75) is 31.9 Å². The Hall–Kier alpha value is -2.53. The van der Waals surface area contributed by atoms with Crippen LogP contribution in [0.1, 0.15) is 24.5 Å². The van der Waals surface area contributed by atoms with Gasteiger partial charge in [0.05, 0.1) is 12.7 Å². The van der Waals surface area contributed by atoms with E-state index in [0.717, 1.165) is 17.7 Å². The number of amides is 2. The fourth-order valence-corrected chi connectivity index (χ4v) is 2.41. The van der Waals surface area contributed by atoms with E-state index in [9.17, 15) is 9.90 Å². The molecule has 3 N–H and O–H groups in total. The van der Waals surface area contributed by atoms with Crippen LogP contribution in [0, 0.1) is 0 Å². The van der Waals surface area contributed by atoms with Crippen molar-refractivity contribution in [1.82, 2.24) is 10.6 Å². The molecule has 134 valence electrons. The molecule has 0 aliphatic heterocycles. The van der Waals surface area contributed by atoms with E-state index in [0.29, 0.717) is 13.0 Å². The molecule has 5 nitrogen and oxygen atoms in total. The third-order valence-electron chi connectivity index (χ3n) is 4.04. The summed E-state index contributed by atoms with van der Waals surface area (Å²) in [4.78, 5) is 11.9. The van der Waals surface area contributed by atoms with Crippen molar-refractivity contribution in [2.75, 3.05) is 13.7 Å². The van der Waals surface area contributed by atoms with Gasteiger partial charge in [-0.1, -0.05) is 42.5 Å². The minimum absolute atomic E-state index is 0.203. The first kappa shape index (κ1) is 18.8. The lowest BCUT2D eigenvalue weighted by atomic mass is 9.97. The first-order chi connectivity index (χ1) is 12.0. The third kappa shape index (κ3) is 6.85. The van der Waals surface area contributed by atoms with Crippen LogP contribution in [0.25, 0.3) is 0 Å². The van der Waals surface area contributed by atoms with E-state index in [1.807, 2.05) is 54.6 Å².